The molecule has 30 atom stereocenters. The largest absolute Gasteiger partial charge is 0.394 e. The number of hydrogen-bond donors (Lipinski definition) is 20. The second-order valence-corrected chi connectivity index (χ2v) is 16.8. The molecule has 6 rings (SSSR count). The van der Waals surface area contributed by atoms with E-state index in [9.17, 15) is 102 Å². The molecule has 20 N–H and O–H groups in total. The number of hydrogen-bond acceptors (Lipinski definition) is 31. The van der Waals surface area contributed by atoms with E-state index in [0.717, 1.165) is 0 Å². The molecule has 67 heavy (non-hydrogen) atoms. The third-order valence-corrected chi connectivity index (χ3v) is 12.4. The first-order valence-electron chi connectivity index (χ1n) is 21.1. The first kappa shape index (κ1) is 55.1. The lowest BCUT2D eigenvalue weighted by Gasteiger charge is -2.50. The molecule has 392 valence electrons. The molecular formula is C36H62O31. The zero-order chi connectivity index (χ0) is 49.3. The molecule has 0 aromatic heterocycles. The summed E-state index contributed by atoms with van der Waals surface area (Å²) in [5.41, 5.74) is 0. The van der Waals surface area contributed by atoms with Gasteiger partial charge in [-0.2, -0.15) is 0 Å². The highest BCUT2D eigenvalue weighted by atomic mass is 16.8. The number of ether oxygens (including phenoxy) is 11. The molecule has 0 amide bonds. The maximum Gasteiger partial charge on any atom is 0.187 e. The highest BCUT2D eigenvalue weighted by Gasteiger charge is 2.57. The van der Waals surface area contributed by atoms with Crippen molar-refractivity contribution < 1.29 is 154 Å². The monoisotopic (exact) mass is 990 g/mol. The Labute approximate surface area is 378 Å². The highest BCUT2D eigenvalue weighted by Crippen LogP contribution is 2.36. The number of rotatable bonds is 16. The van der Waals surface area contributed by atoms with Gasteiger partial charge in [0, 0.05) is 0 Å². The third kappa shape index (κ3) is 11.2. The fourth-order valence-electron chi connectivity index (χ4n) is 8.51. The minimum atomic E-state index is -2.22. The first-order valence-corrected chi connectivity index (χ1v) is 21.1. The lowest BCUT2D eigenvalue weighted by Crippen LogP contribution is -2.68. The Morgan fingerprint density at radius 3 is 0.821 bits per heavy atom. The molecule has 0 aliphatic carbocycles. The van der Waals surface area contributed by atoms with Gasteiger partial charge in [0.1, 0.15) is 146 Å². The summed E-state index contributed by atoms with van der Waals surface area (Å²) in [5.74, 6) is 0. The molecule has 6 fully saturated rings. The molecule has 0 saturated carbocycles. The summed E-state index contributed by atoms with van der Waals surface area (Å²) in [6.45, 7) is -5.69. The van der Waals surface area contributed by atoms with E-state index in [0.29, 0.717) is 0 Å². The minimum absolute atomic E-state index is 0.834. The Balaban J connectivity index is 1.10. The minimum Gasteiger partial charge on any atom is -0.394 e. The van der Waals surface area contributed by atoms with Crippen molar-refractivity contribution in [3.05, 3.63) is 0 Å². The average molecular weight is 991 g/mol. The standard InChI is InChI=1S/C36H62O31/c37-1-7-13(43)16(46)20(50)32(58-7)63-26-10(4-40)60-33(21(51)17(26)47)64-27-11(5-41)62-35(23(53)18(27)48)67-30-15(45)9(3-39)59-36(25(30)55)65-28-12(6-42)61-34(22(52)19(28)49)66-29-14(44)8(2-38)57-31(56)24(29)54/h7-56H,1-6H2/t7-,8-,9-,10-,11-,12-,13-,14-,15-,16+,17-,18-,19-,20-,21-,22-,23-,24-,25-,26-,27-,28-,29+,30+,31-,32+,33+,34+,35+,36+/m1/s1. The van der Waals surface area contributed by atoms with Gasteiger partial charge in [-0.25, -0.2) is 0 Å². The lowest BCUT2D eigenvalue weighted by atomic mass is 9.95. The van der Waals surface area contributed by atoms with Crippen LogP contribution in [0.3, 0.4) is 0 Å². The van der Waals surface area contributed by atoms with E-state index < -0.39 is 224 Å². The summed E-state index contributed by atoms with van der Waals surface area (Å²) in [5, 5.41) is 210. The molecule has 6 saturated heterocycles. The van der Waals surface area contributed by atoms with Gasteiger partial charge < -0.3 is 154 Å². The molecule has 0 unspecified atom stereocenters. The lowest BCUT2D eigenvalue weighted by molar-refractivity contribution is -0.396. The molecule has 0 radical (unpaired) electrons. The van der Waals surface area contributed by atoms with Crippen LogP contribution in [-0.2, 0) is 52.1 Å². The van der Waals surface area contributed by atoms with E-state index in [2.05, 4.69) is 0 Å². The maximum absolute atomic E-state index is 11.4. The zero-order valence-corrected chi connectivity index (χ0v) is 35.0. The topological polar surface area (TPSA) is 506 Å². The van der Waals surface area contributed by atoms with E-state index in [1.807, 2.05) is 0 Å². The summed E-state index contributed by atoms with van der Waals surface area (Å²) in [6.07, 6.45) is -57.1. The molecule has 6 aliphatic rings. The van der Waals surface area contributed by atoms with E-state index >= 15 is 0 Å². The van der Waals surface area contributed by atoms with Gasteiger partial charge in [0.05, 0.1) is 39.6 Å². The molecule has 31 heteroatoms. The average Bonchev–Trinajstić information content (AvgIpc) is 3.32. The van der Waals surface area contributed by atoms with Crippen molar-refractivity contribution >= 4 is 0 Å². The predicted molar refractivity (Wildman–Crippen MR) is 199 cm³/mol. The Morgan fingerprint density at radius 1 is 0.224 bits per heavy atom. The number of aliphatic hydroxyl groups excluding tert-OH is 20. The highest BCUT2D eigenvalue weighted by molar-refractivity contribution is 5.00. The second kappa shape index (κ2) is 23.5. The van der Waals surface area contributed by atoms with Gasteiger partial charge >= 0.3 is 0 Å². The van der Waals surface area contributed by atoms with Crippen LogP contribution in [0.25, 0.3) is 0 Å². The Morgan fingerprint density at radius 2 is 0.478 bits per heavy atom. The van der Waals surface area contributed by atoms with Gasteiger partial charge in [0.25, 0.3) is 0 Å². The molecule has 0 spiro atoms. The van der Waals surface area contributed by atoms with Crippen LogP contribution in [0.15, 0.2) is 0 Å². The van der Waals surface area contributed by atoms with E-state index in [1.165, 1.54) is 0 Å². The molecule has 0 aromatic carbocycles. The van der Waals surface area contributed by atoms with Crippen LogP contribution in [-0.4, -0.2) is 326 Å². The van der Waals surface area contributed by atoms with Crippen LogP contribution in [0.4, 0.5) is 0 Å². The van der Waals surface area contributed by atoms with Crippen molar-refractivity contribution in [3.8, 4) is 0 Å². The van der Waals surface area contributed by atoms with Crippen LogP contribution in [0.2, 0.25) is 0 Å². The van der Waals surface area contributed by atoms with E-state index in [-0.39, 0.29) is 0 Å². The van der Waals surface area contributed by atoms with Crippen LogP contribution < -0.4 is 0 Å². The van der Waals surface area contributed by atoms with Crippen LogP contribution in [0, 0.1) is 0 Å². The Kier molecular flexibility index (Phi) is 19.4. The van der Waals surface area contributed by atoms with Gasteiger partial charge in [-0.1, -0.05) is 0 Å². The van der Waals surface area contributed by atoms with Crippen molar-refractivity contribution in [1.29, 1.82) is 0 Å². The molecule has 0 aromatic rings. The molecule has 6 aliphatic heterocycles. The van der Waals surface area contributed by atoms with Crippen molar-refractivity contribution in [2.24, 2.45) is 0 Å². The summed E-state index contributed by atoms with van der Waals surface area (Å²) in [4.78, 5) is 0. The van der Waals surface area contributed by atoms with Crippen molar-refractivity contribution in [2.75, 3.05) is 39.6 Å². The van der Waals surface area contributed by atoms with Crippen LogP contribution >= 0.6 is 0 Å². The van der Waals surface area contributed by atoms with Crippen molar-refractivity contribution in [3.63, 3.8) is 0 Å². The third-order valence-electron chi connectivity index (χ3n) is 12.4. The first-order chi connectivity index (χ1) is 31.8. The summed E-state index contributed by atoms with van der Waals surface area (Å²) in [7, 11) is 0. The van der Waals surface area contributed by atoms with Gasteiger partial charge in [-0.3, -0.25) is 0 Å². The van der Waals surface area contributed by atoms with E-state index in [4.69, 9.17) is 52.1 Å². The van der Waals surface area contributed by atoms with E-state index in [1.54, 1.807) is 0 Å². The number of aliphatic hydroxyl groups is 20. The smallest absolute Gasteiger partial charge is 0.187 e. The fourth-order valence-corrected chi connectivity index (χ4v) is 8.51. The van der Waals surface area contributed by atoms with Gasteiger partial charge in [-0.15, -0.1) is 0 Å². The van der Waals surface area contributed by atoms with Gasteiger partial charge in [-0.05, 0) is 0 Å². The summed E-state index contributed by atoms with van der Waals surface area (Å²) < 4.78 is 60.3. The van der Waals surface area contributed by atoms with Crippen molar-refractivity contribution in [2.45, 2.75) is 184 Å². The maximum atomic E-state index is 11.4. The summed E-state index contributed by atoms with van der Waals surface area (Å²) in [6, 6.07) is 0. The summed E-state index contributed by atoms with van der Waals surface area (Å²) >= 11 is 0. The zero-order valence-electron chi connectivity index (χ0n) is 35.0. The Bertz CT molecular complexity index is 1500. The normalized spacial score (nSPS) is 53.4. The molecule has 6 heterocycles. The second-order valence-electron chi connectivity index (χ2n) is 16.8. The fraction of sp³-hybridized carbons (Fsp3) is 1.00. The molecular weight excluding hydrogens is 928 g/mol. The quantitative estimate of drug-likeness (QED) is 0.0683. The van der Waals surface area contributed by atoms with Crippen molar-refractivity contribution in [1.82, 2.24) is 0 Å². The van der Waals surface area contributed by atoms with Gasteiger partial charge in [0.15, 0.2) is 37.7 Å². The molecule has 0 bridgehead atoms. The van der Waals surface area contributed by atoms with Gasteiger partial charge in [0.2, 0.25) is 0 Å². The van der Waals surface area contributed by atoms with Crippen LogP contribution in [0.1, 0.15) is 0 Å². The molecule has 31 nitrogen and oxygen atoms in total. The SMILES string of the molecule is OC[C@H]1O[C@@H](O[C@H]2[C@H](O)[C@@H](O)[C@H](O[C@H]3[C@H](O)[C@@H](O)[C@H](O[C@@H]4[C@@H](O)[C@H](O[C@H]5[C@H](O)[C@@H](O)[C@H](O[C@@H]6[C@@H](O)[C@H](O)O[C@H](CO)[C@H]6O)O[C@@H]5CO)O[C@H](CO)[C@H]4O)O[C@@H]3CO)O[C@@H]2CO)[C@H](O)[C@@H](O)[C@@H]1O. The predicted octanol–water partition coefficient (Wildman–Crippen LogP) is -14.1. The van der Waals surface area contributed by atoms with Crippen LogP contribution in [0.5, 0.6) is 0 Å². The Hall–Kier alpha value is -1.24.